The number of ether oxygens (including phenoxy) is 1. The minimum atomic E-state index is -1.27. The smallest absolute Gasteiger partial charge is 0.174 e. The highest BCUT2D eigenvalue weighted by atomic mass is 19.1. The average Bonchev–Trinajstić information content (AvgIpc) is 2.74. The summed E-state index contributed by atoms with van der Waals surface area (Å²) in [4.78, 5) is 0. The monoisotopic (exact) mass is 262 g/mol. The van der Waals surface area contributed by atoms with E-state index in [9.17, 15) is 4.39 Å². The fourth-order valence-electron chi connectivity index (χ4n) is 2.40. The zero-order valence-corrected chi connectivity index (χ0v) is 10.6. The molecule has 1 fully saturated rings. The van der Waals surface area contributed by atoms with Crippen molar-refractivity contribution < 1.29 is 9.13 Å². The molecule has 0 bridgehead atoms. The number of nitrogen functional groups attached to an aromatic ring is 1. The van der Waals surface area contributed by atoms with Gasteiger partial charge in [0.25, 0.3) is 0 Å². The van der Waals surface area contributed by atoms with Gasteiger partial charge in [0.2, 0.25) is 0 Å². The minimum Gasteiger partial charge on any atom is -0.399 e. The van der Waals surface area contributed by atoms with E-state index in [0.717, 1.165) is 5.56 Å². The van der Waals surface area contributed by atoms with Crippen molar-refractivity contribution in [2.75, 3.05) is 18.9 Å². The molecule has 100 valence electrons. The summed E-state index contributed by atoms with van der Waals surface area (Å²) in [5.74, 6) is 0.311. The molecule has 1 aromatic carbocycles. The maximum Gasteiger partial charge on any atom is 0.174 e. The second-order valence-electron chi connectivity index (χ2n) is 4.94. The van der Waals surface area contributed by atoms with Gasteiger partial charge in [0.1, 0.15) is 6.33 Å². The molecule has 1 aliphatic heterocycles. The summed E-state index contributed by atoms with van der Waals surface area (Å²) in [5, 5.41) is 7.60. The second kappa shape index (κ2) is 4.31. The zero-order valence-electron chi connectivity index (χ0n) is 10.6. The van der Waals surface area contributed by atoms with Crippen LogP contribution in [0.4, 0.5) is 10.1 Å². The third-order valence-corrected chi connectivity index (χ3v) is 3.64. The quantitative estimate of drug-likeness (QED) is 0.849. The lowest BCUT2D eigenvalue weighted by Crippen LogP contribution is -2.50. The molecule has 1 saturated heterocycles. The van der Waals surface area contributed by atoms with Gasteiger partial charge >= 0.3 is 0 Å². The Morgan fingerprint density at radius 3 is 2.79 bits per heavy atom. The SMILES string of the molecule is Cn1cnnc1[C@H](F)C1(c2cccc(N)c2)COC1. The molecule has 3 rings (SSSR count). The van der Waals surface area contributed by atoms with Crippen molar-refractivity contribution in [2.45, 2.75) is 11.6 Å². The molecule has 0 amide bonds. The van der Waals surface area contributed by atoms with E-state index in [2.05, 4.69) is 10.2 Å². The standard InChI is InChI=1S/C13H15FN4O/c1-18-8-16-17-12(18)11(14)13(6-19-7-13)9-3-2-4-10(15)5-9/h2-5,8,11H,6-7,15H2,1H3/t11-/m0/s1. The van der Waals surface area contributed by atoms with Crippen LogP contribution in [0.3, 0.4) is 0 Å². The van der Waals surface area contributed by atoms with Crippen LogP contribution in [0.25, 0.3) is 0 Å². The summed E-state index contributed by atoms with van der Waals surface area (Å²) in [7, 11) is 1.73. The summed E-state index contributed by atoms with van der Waals surface area (Å²) in [5.41, 5.74) is 6.54. The summed E-state index contributed by atoms with van der Waals surface area (Å²) < 4.78 is 21.8. The topological polar surface area (TPSA) is 66.0 Å². The Bertz CT molecular complexity index is 594. The van der Waals surface area contributed by atoms with Crippen LogP contribution in [0.2, 0.25) is 0 Å². The van der Waals surface area contributed by atoms with Crippen LogP contribution in [0.15, 0.2) is 30.6 Å². The molecule has 0 saturated carbocycles. The summed E-state index contributed by atoms with van der Waals surface area (Å²) in [6, 6.07) is 7.29. The van der Waals surface area contributed by atoms with Crippen molar-refractivity contribution in [3.63, 3.8) is 0 Å². The van der Waals surface area contributed by atoms with Crippen molar-refractivity contribution in [2.24, 2.45) is 7.05 Å². The van der Waals surface area contributed by atoms with Gasteiger partial charge in [-0.05, 0) is 17.7 Å². The van der Waals surface area contributed by atoms with Gasteiger partial charge in [-0.25, -0.2) is 4.39 Å². The van der Waals surface area contributed by atoms with E-state index in [4.69, 9.17) is 10.5 Å². The van der Waals surface area contributed by atoms with Gasteiger partial charge in [-0.3, -0.25) is 0 Å². The summed E-state index contributed by atoms with van der Waals surface area (Å²) in [6.07, 6.45) is 0.227. The number of nitrogens with two attached hydrogens (primary N) is 1. The molecular formula is C13H15FN4O. The van der Waals surface area contributed by atoms with Gasteiger partial charge in [-0.15, -0.1) is 10.2 Å². The lowest BCUT2D eigenvalue weighted by atomic mass is 9.74. The summed E-state index contributed by atoms with van der Waals surface area (Å²) >= 11 is 0. The van der Waals surface area contributed by atoms with Crippen LogP contribution in [-0.4, -0.2) is 28.0 Å². The first-order chi connectivity index (χ1) is 9.13. The highest BCUT2D eigenvalue weighted by Gasteiger charge is 2.50. The molecule has 0 aliphatic carbocycles. The maximum atomic E-state index is 14.9. The Kier molecular flexibility index (Phi) is 2.74. The molecule has 19 heavy (non-hydrogen) atoms. The number of aromatic nitrogens is 3. The van der Waals surface area contributed by atoms with Crippen LogP contribution in [0.5, 0.6) is 0 Å². The van der Waals surface area contributed by atoms with E-state index in [1.54, 1.807) is 23.7 Å². The third-order valence-electron chi connectivity index (χ3n) is 3.64. The number of anilines is 1. The first-order valence-electron chi connectivity index (χ1n) is 6.05. The number of hydrogen-bond acceptors (Lipinski definition) is 4. The van der Waals surface area contributed by atoms with E-state index >= 15 is 0 Å². The van der Waals surface area contributed by atoms with Crippen LogP contribution in [0.1, 0.15) is 17.6 Å². The van der Waals surface area contributed by atoms with Crippen molar-refractivity contribution in [1.82, 2.24) is 14.8 Å². The zero-order chi connectivity index (χ0) is 13.5. The predicted octanol–water partition coefficient (Wildman–Crippen LogP) is 1.38. The first-order valence-corrected chi connectivity index (χ1v) is 6.05. The second-order valence-corrected chi connectivity index (χ2v) is 4.94. The molecule has 1 aliphatic rings. The van der Waals surface area contributed by atoms with Crippen molar-refractivity contribution in [3.05, 3.63) is 42.0 Å². The molecule has 5 nitrogen and oxygen atoms in total. The van der Waals surface area contributed by atoms with Gasteiger partial charge in [-0.2, -0.15) is 0 Å². The number of halogens is 1. The van der Waals surface area contributed by atoms with Crippen molar-refractivity contribution in [3.8, 4) is 0 Å². The molecule has 2 N–H and O–H groups in total. The van der Waals surface area contributed by atoms with Crippen LogP contribution >= 0.6 is 0 Å². The van der Waals surface area contributed by atoms with Gasteiger partial charge in [0, 0.05) is 12.7 Å². The normalized spacial score (nSPS) is 18.8. The number of aryl methyl sites for hydroxylation is 1. The molecule has 0 unspecified atom stereocenters. The third kappa shape index (κ3) is 1.79. The largest absolute Gasteiger partial charge is 0.399 e. The number of benzene rings is 1. The fraction of sp³-hybridized carbons (Fsp3) is 0.385. The van der Waals surface area contributed by atoms with Crippen LogP contribution in [0, 0.1) is 0 Å². The number of hydrogen-bond donors (Lipinski definition) is 1. The number of rotatable bonds is 3. The molecule has 6 heteroatoms. The fourth-order valence-corrected chi connectivity index (χ4v) is 2.40. The van der Waals surface area contributed by atoms with Gasteiger partial charge in [0.15, 0.2) is 12.0 Å². The Balaban J connectivity index is 2.02. The Hall–Kier alpha value is -1.95. The first kappa shape index (κ1) is 12.1. The van der Waals surface area contributed by atoms with Crippen LogP contribution < -0.4 is 5.73 Å². The van der Waals surface area contributed by atoms with Gasteiger partial charge in [0.05, 0.1) is 18.6 Å². The van der Waals surface area contributed by atoms with Crippen molar-refractivity contribution in [1.29, 1.82) is 0 Å². The highest BCUT2D eigenvalue weighted by Crippen LogP contribution is 2.45. The van der Waals surface area contributed by atoms with E-state index in [1.807, 2.05) is 12.1 Å². The summed E-state index contributed by atoms with van der Waals surface area (Å²) in [6.45, 7) is 0.648. The maximum absolute atomic E-state index is 14.9. The number of nitrogens with zero attached hydrogens (tertiary/aromatic N) is 3. The molecular weight excluding hydrogens is 247 g/mol. The van der Waals surface area contributed by atoms with Gasteiger partial charge < -0.3 is 15.0 Å². The molecule has 2 aromatic rings. The lowest BCUT2D eigenvalue weighted by molar-refractivity contribution is -0.102. The molecule has 0 spiro atoms. The van der Waals surface area contributed by atoms with E-state index in [1.165, 1.54) is 6.33 Å². The van der Waals surface area contributed by atoms with Crippen molar-refractivity contribution >= 4 is 5.69 Å². The molecule has 0 radical (unpaired) electrons. The average molecular weight is 262 g/mol. The number of alkyl halides is 1. The van der Waals surface area contributed by atoms with E-state index in [-0.39, 0.29) is 0 Å². The molecule has 1 atom stereocenters. The minimum absolute atomic E-state index is 0.311. The Morgan fingerprint density at radius 1 is 1.47 bits per heavy atom. The lowest BCUT2D eigenvalue weighted by Gasteiger charge is -2.43. The Morgan fingerprint density at radius 2 is 2.26 bits per heavy atom. The van der Waals surface area contributed by atoms with E-state index < -0.39 is 11.6 Å². The van der Waals surface area contributed by atoms with E-state index in [0.29, 0.717) is 24.7 Å². The Labute approximate surface area is 110 Å². The van der Waals surface area contributed by atoms with Crippen LogP contribution in [-0.2, 0) is 17.2 Å². The van der Waals surface area contributed by atoms with Gasteiger partial charge in [-0.1, -0.05) is 12.1 Å². The molecule has 1 aromatic heterocycles. The molecule has 2 heterocycles. The predicted molar refractivity (Wildman–Crippen MR) is 68.2 cm³/mol. The highest BCUT2D eigenvalue weighted by molar-refractivity contribution is 5.45.